The summed E-state index contributed by atoms with van der Waals surface area (Å²) in [7, 11) is -9.90. The van der Waals surface area contributed by atoms with Crippen LogP contribution in [-0.2, 0) is 65.4 Å². The summed E-state index contributed by atoms with van der Waals surface area (Å²) in [5.74, 6) is 0.0642. The molecule has 0 heterocycles. The van der Waals surface area contributed by atoms with Crippen LogP contribution in [0.5, 0.6) is 0 Å². The van der Waals surface area contributed by atoms with Gasteiger partial charge in [-0.1, -0.05) is 305 Å². The van der Waals surface area contributed by atoms with Gasteiger partial charge in [0.1, 0.15) is 19.3 Å². The third-order valence-corrected chi connectivity index (χ3v) is 18.3. The Morgan fingerprint density at radius 2 is 0.511 bits per heavy atom. The highest BCUT2D eigenvalue weighted by Gasteiger charge is 2.30. The predicted octanol–water partition coefficient (Wildman–Crippen LogP) is 20.2. The highest BCUT2D eigenvalue weighted by atomic mass is 31.2. The lowest BCUT2D eigenvalue weighted by atomic mass is 10.0. The van der Waals surface area contributed by atoms with E-state index in [0.29, 0.717) is 31.6 Å². The van der Waals surface area contributed by atoms with Crippen molar-refractivity contribution in [3.63, 3.8) is 0 Å². The number of aliphatic hydroxyl groups is 1. The third kappa shape index (κ3) is 64.8. The molecule has 0 aliphatic rings. The predicted molar refractivity (Wildman–Crippen MR) is 363 cm³/mol. The number of carbonyl (C=O) groups is 4. The molecule has 0 bridgehead atoms. The minimum absolute atomic E-state index is 0.105. The minimum Gasteiger partial charge on any atom is -0.462 e. The summed E-state index contributed by atoms with van der Waals surface area (Å²) in [5, 5.41) is 10.6. The van der Waals surface area contributed by atoms with Crippen LogP contribution in [0.15, 0.2) is 0 Å². The van der Waals surface area contributed by atoms with Gasteiger partial charge in [-0.15, -0.1) is 0 Å². The summed E-state index contributed by atoms with van der Waals surface area (Å²) in [6.45, 7) is 11.8. The van der Waals surface area contributed by atoms with E-state index in [0.717, 1.165) is 108 Å². The number of hydrogen-bond donors (Lipinski definition) is 3. The second-order valence-electron chi connectivity index (χ2n) is 27.1. The van der Waals surface area contributed by atoms with Gasteiger partial charge in [0.05, 0.1) is 26.4 Å². The van der Waals surface area contributed by atoms with E-state index in [1.165, 1.54) is 161 Å². The molecule has 0 aromatic carbocycles. The molecule has 0 spiro atoms. The SMILES string of the molecule is CCCCCCCCCCCCCCCCCC(=O)O[C@H](COC(=O)CCCCCCCCCCCCC(C)C)COP(=O)(O)OC[C@@H](O)COP(=O)(O)OC[C@@H](COC(=O)CCCCCCCCC(C)C)OC(=O)CCCCCCCCCCCCC(C)C. The average Bonchev–Trinajstić information content (AvgIpc) is 2.73. The van der Waals surface area contributed by atoms with E-state index in [2.05, 4.69) is 48.5 Å². The first-order valence-corrected chi connectivity index (χ1v) is 39.8. The molecule has 5 atom stereocenters. The van der Waals surface area contributed by atoms with Crippen molar-refractivity contribution in [1.82, 2.24) is 0 Å². The van der Waals surface area contributed by atoms with Crippen LogP contribution in [-0.4, -0.2) is 96.7 Å². The van der Waals surface area contributed by atoms with Gasteiger partial charge in [-0.25, -0.2) is 9.13 Å². The van der Waals surface area contributed by atoms with Gasteiger partial charge in [0.25, 0.3) is 0 Å². The maximum Gasteiger partial charge on any atom is 0.472 e. The van der Waals surface area contributed by atoms with Crippen LogP contribution in [0.1, 0.15) is 357 Å². The van der Waals surface area contributed by atoms with Gasteiger partial charge < -0.3 is 33.8 Å². The molecule has 534 valence electrons. The molecule has 0 saturated heterocycles. The second kappa shape index (κ2) is 61.9. The normalized spacial score (nSPS) is 14.2. The van der Waals surface area contributed by atoms with Gasteiger partial charge in [-0.05, 0) is 43.4 Å². The molecule has 0 aromatic heterocycles. The van der Waals surface area contributed by atoms with E-state index in [1.54, 1.807) is 0 Å². The lowest BCUT2D eigenvalue weighted by molar-refractivity contribution is -0.161. The number of aliphatic hydroxyl groups excluding tert-OH is 1. The topological polar surface area (TPSA) is 237 Å². The van der Waals surface area contributed by atoms with Crippen molar-refractivity contribution < 1.29 is 80.2 Å². The molecule has 90 heavy (non-hydrogen) atoms. The molecule has 19 heteroatoms. The number of hydrogen-bond acceptors (Lipinski definition) is 15. The molecule has 0 aromatic rings. The molecule has 0 aliphatic carbocycles. The van der Waals surface area contributed by atoms with E-state index >= 15 is 0 Å². The Morgan fingerprint density at radius 3 is 0.756 bits per heavy atom. The molecular formula is C71H138O17P2. The van der Waals surface area contributed by atoms with E-state index in [4.69, 9.17) is 37.0 Å². The Balaban J connectivity index is 5.25. The van der Waals surface area contributed by atoms with Crippen molar-refractivity contribution in [1.29, 1.82) is 0 Å². The monoisotopic (exact) mass is 1320 g/mol. The average molecular weight is 1330 g/mol. The molecule has 17 nitrogen and oxygen atoms in total. The molecule has 0 rings (SSSR count). The molecule has 0 aliphatic heterocycles. The van der Waals surface area contributed by atoms with Gasteiger partial charge in [0, 0.05) is 25.7 Å². The van der Waals surface area contributed by atoms with Crippen LogP contribution < -0.4 is 0 Å². The van der Waals surface area contributed by atoms with Crippen LogP contribution >= 0.6 is 15.6 Å². The zero-order valence-electron chi connectivity index (χ0n) is 58.6. The quantitative estimate of drug-likeness (QED) is 0.0222. The fraction of sp³-hybridized carbons (Fsp3) is 0.944. The van der Waals surface area contributed by atoms with Crippen molar-refractivity contribution in [2.45, 2.75) is 375 Å². The maximum atomic E-state index is 13.0. The lowest BCUT2D eigenvalue weighted by Crippen LogP contribution is -2.30. The van der Waals surface area contributed by atoms with Crippen LogP contribution in [0.3, 0.4) is 0 Å². The molecule has 0 amide bonds. The number of phosphoric acid groups is 2. The van der Waals surface area contributed by atoms with Gasteiger partial charge in [0.2, 0.25) is 0 Å². The maximum absolute atomic E-state index is 13.0. The largest absolute Gasteiger partial charge is 0.472 e. The summed E-state index contributed by atoms with van der Waals surface area (Å²) in [5.41, 5.74) is 0. The highest BCUT2D eigenvalue weighted by molar-refractivity contribution is 7.47. The van der Waals surface area contributed by atoms with Gasteiger partial charge in [-0.2, -0.15) is 0 Å². The summed E-state index contributed by atoms with van der Waals surface area (Å²) in [6, 6.07) is 0. The minimum atomic E-state index is -4.95. The van der Waals surface area contributed by atoms with Crippen LogP contribution in [0, 0.1) is 17.8 Å². The van der Waals surface area contributed by atoms with Crippen LogP contribution in [0.25, 0.3) is 0 Å². The summed E-state index contributed by atoms with van der Waals surface area (Å²) in [4.78, 5) is 72.6. The smallest absolute Gasteiger partial charge is 0.462 e. The van der Waals surface area contributed by atoms with Crippen LogP contribution in [0.2, 0.25) is 0 Å². The number of unbranched alkanes of at least 4 members (excludes halogenated alkanes) is 37. The van der Waals surface area contributed by atoms with E-state index in [-0.39, 0.29) is 25.7 Å². The molecular weight excluding hydrogens is 1190 g/mol. The van der Waals surface area contributed by atoms with Crippen molar-refractivity contribution in [2.75, 3.05) is 39.6 Å². The fourth-order valence-electron chi connectivity index (χ4n) is 10.7. The number of ether oxygens (including phenoxy) is 4. The second-order valence-corrected chi connectivity index (χ2v) is 30.0. The van der Waals surface area contributed by atoms with E-state index < -0.39 is 97.5 Å². The van der Waals surface area contributed by atoms with E-state index in [9.17, 15) is 43.2 Å². The van der Waals surface area contributed by atoms with Crippen molar-refractivity contribution in [2.24, 2.45) is 17.8 Å². The summed E-state index contributed by atoms with van der Waals surface area (Å²) in [6.07, 6.45) is 45.9. The Bertz CT molecular complexity index is 1770. The molecule has 3 N–H and O–H groups in total. The van der Waals surface area contributed by atoms with Crippen molar-refractivity contribution >= 4 is 39.5 Å². The van der Waals surface area contributed by atoms with Gasteiger partial charge in [0.15, 0.2) is 12.2 Å². The van der Waals surface area contributed by atoms with E-state index in [1.807, 2.05) is 0 Å². The Hall–Kier alpha value is -1.94. The first-order valence-electron chi connectivity index (χ1n) is 36.8. The third-order valence-electron chi connectivity index (χ3n) is 16.4. The summed E-state index contributed by atoms with van der Waals surface area (Å²) < 4.78 is 68.3. The number of esters is 4. The Labute approximate surface area is 549 Å². The van der Waals surface area contributed by atoms with Gasteiger partial charge >= 0.3 is 39.5 Å². The zero-order valence-corrected chi connectivity index (χ0v) is 60.4. The molecule has 0 radical (unpaired) electrons. The van der Waals surface area contributed by atoms with Gasteiger partial charge in [-0.3, -0.25) is 37.3 Å². The highest BCUT2D eigenvalue weighted by Crippen LogP contribution is 2.45. The fourth-order valence-corrected chi connectivity index (χ4v) is 12.3. The first kappa shape index (κ1) is 88.1. The summed E-state index contributed by atoms with van der Waals surface area (Å²) >= 11 is 0. The lowest BCUT2D eigenvalue weighted by Gasteiger charge is -2.21. The van der Waals surface area contributed by atoms with Crippen LogP contribution in [0.4, 0.5) is 0 Å². The van der Waals surface area contributed by atoms with Crippen molar-refractivity contribution in [3.8, 4) is 0 Å². The molecule has 0 fully saturated rings. The number of phosphoric ester groups is 2. The number of rotatable bonds is 69. The standard InChI is InChI=1S/C71H138O17P2/c1-8-9-10-11-12-13-14-15-16-17-18-26-31-40-47-54-70(75)87-66(58-81-68(73)52-45-38-30-25-21-19-23-28-35-42-49-62(2)3)60-85-89(77,78)83-56-65(72)57-84-90(79,80)86-61-67(59-82-69(74)53-46-39-34-33-37-44-51-64(6)7)88-71(76)55-48-41-32-27-22-20-24-29-36-43-50-63(4)5/h62-67,72H,8-61H2,1-7H3,(H,77,78)(H,79,80)/t65-,66-,67-/m1/s1. The molecule has 0 saturated carbocycles. The first-order chi connectivity index (χ1) is 43.2. The van der Waals surface area contributed by atoms with Crippen molar-refractivity contribution in [3.05, 3.63) is 0 Å². The Kier molecular flexibility index (Phi) is 60.6. The zero-order chi connectivity index (χ0) is 66.6. The Morgan fingerprint density at radius 1 is 0.300 bits per heavy atom. The number of carbonyl (C=O) groups excluding carboxylic acids is 4. The molecule has 2 unspecified atom stereocenters.